The smallest absolute Gasteiger partial charge is 0.433 e. The molecule has 1 atom stereocenters. The number of alkyl carbamates (subject to hydrolysis) is 1. The second-order valence-corrected chi connectivity index (χ2v) is 5.98. The molecule has 0 spiro atoms. The van der Waals surface area contributed by atoms with E-state index in [2.05, 4.69) is 15.0 Å². The van der Waals surface area contributed by atoms with Crippen LogP contribution in [-0.4, -0.2) is 35.8 Å². The zero-order valence-electron chi connectivity index (χ0n) is 13.7. The molecule has 0 aromatic carbocycles. The third-order valence-corrected chi connectivity index (χ3v) is 2.73. The minimum absolute atomic E-state index is 0.0863. The summed E-state index contributed by atoms with van der Waals surface area (Å²) in [5.74, 6) is -0.749. The first-order valence-electron chi connectivity index (χ1n) is 7.02. The molecule has 1 rings (SSSR count). The predicted octanol–water partition coefficient (Wildman–Crippen LogP) is 2.71. The second kappa shape index (κ2) is 7.50. The van der Waals surface area contributed by atoms with E-state index in [1.54, 1.807) is 20.8 Å². The highest BCUT2D eigenvalue weighted by atomic mass is 19.4. The van der Waals surface area contributed by atoms with Crippen molar-refractivity contribution in [3.63, 3.8) is 0 Å². The Kier molecular flexibility index (Phi) is 6.16. The number of alkyl halides is 3. The van der Waals surface area contributed by atoms with Crippen molar-refractivity contribution in [2.45, 2.75) is 45.0 Å². The monoisotopic (exact) mass is 348 g/mol. The number of esters is 1. The maximum Gasteiger partial charge on any atom is 0.433 e. The summed E-state index contributed by atoms with van der Waals surface area (Å²) in [6, 6.07) is 0.878. The first-order valence-corrected chi connectivity index (χ1v) is 7.02. The van der Waals surface area contributed by atoms with Crippen LogP contribution in [0.1, 0.15) is 32.0 Å². The molecule has 0 aliphatic carbocycles. The Morgan fingerprint density at radius 1 is 1.25 bits per heavy atom. The van der Waals surface area contributed by atoms with Gasteiger partial charge in [0.25, 0.3) is 0 Å². The van der Waals surface area contributed by atoms with Crippen molar-refractivity contribution < 1.29 is 32.2 Å². The molecule has 1 unspecified atom stereocenters. The Hall–Kier alpha value is -2.32. The number of hydrogen-bond acceptors (Lipinski definition) is 5. The SMILES string of the molecule is COC(=O)C(Cc1ccc(C(F)(F)F)nc1)NC(=O)OC(C)(C)C. The summed E-state index contributed by atoms with van der Waals surface area (Å²) in [5, 5.41) is 2.33. The largest absolute Gasteiger partial charge is 0.467 e. The fourth-order valence-corrected chi connectivity index (χ4v) is 1.73. The van der Waals surface area contributed by atoms with Crippen molar-refractivity contribution in [3.8, 4) is 0 Å². The van der Waals surface area contributed by atoms with Gasteiger partial charge in [0, 0.05) is 12.6 Å². The third-order valence-electron chi connectivity index (χ3n) is 2.73. The van der Waals surface area contributed by atoms with Crippen molar-refractivity contribution in [1.29, 1.82) is 0 Å². The average molecular weight is 348 g/mol. The standard InChI is InChI=1S/C15H19F3N2O4/c1-14(2,3)24-13(22)20-10(12(21)23-4)7-9-5-6-11(19-8-9)15(16,17)18/h5-6,8,10H,7H2,1-4H3,(H,20,22). The topological polar surface area (TPSA) is 77.5 Å². The number of rotatable bonds is 4. The number of carbonyl (C=O) groups is 2. The van der Waals surface area contributed by atoms with E-state index in [9.17, 15) is 22.8 Å². The molecule has 0 fully saturated rings. The molecule has 24 heavy (non-hydrogen) atoms. The molecule has 1 amide bonds. The molecule has 1 aromatic rings. The molecular weight excluding hydrogens is 329 g/mol. The minimum atomic E-state index is -4.55. The van der Waals surface area contributed by atoms with E-state index < -0.39 is 35.6 Å². The van der Waals surface area contributed by atoms with Crippen molar-refractivity contribution in [2.75, 3.05) is 7.11 Å². The zero-order chi connectivity index (χ0) is 18.5. The molecule has 0 saturated carbocycles. The van der Waals surface area contributed by atoms with Crippen LogP contribution in [0.2, 0.25) is 0 Å². The van der Waals surface area contributed by atoms with E-state index in [-0.39, 0.29) is 6.42 Å². The van der Waals surface area contributed by atoms with Gasteiger partial charge in [0.2, 0.25) is 0 Å². The van der Waals surface area contributed by atoms with E-state index in [0.717, 1.165) is 19.4 Å². The Balaban J connectivity index is 2.83. The zero-order valence-corrected chi connectivity index (χ0v) is 13.7. The molecule has 0 radical (unpaired) electrons. The van der Waals surface area contributed by atoms with Crippen molar-refractivity contribution in [1.82, 2.24) is 10.3 Å². The van der Waals surface area contributed by atoms with E-state index in [1.807, 2.05) is 0 Å². The highest BCUT2D eigenvalue weighted by Gasteiger charge is 2.32. The lowest BCUT2D eigenvalue weighted by atomic mass is 10.1. The van der Waals surface area contributed by atoms with Crippen LogP contribution >= 0.6 is 0 Å². The highest BCUT2D eigenvalue weighted by molar-refractivity contribution is 5.81. The summed E-state index contributed by atoms with van der Waals surface area (Å²) in [4.78, 5) is 26.8. The molecule has 0 saturated heterocycles. The summed E-state index contributed by atoms with van der Waals surface area (Å²) >= 11 is 0. The molecule has 0 bridgehead atoms. The molecular formula is C15H19F3N2O4. The lowest BCUT2D eigenvalue weighted by molar-refractivity contribution is -0.143. The van der Waals surface area contributed by atoms with Gasteiger partial charge in [0.15, 0.2) is 0 Å². The van der Waals surface area contributed by atoms with Gasteiger partial charge in [0.05, 0.1) is 7.11 Å². The Morgan fingerprint density at radius 3 is 2.29 bits per heavy atom. The van der Waals surface area contributed by atoms with Crippen LogP contribution in [0.5, 0.6) is 0 Å². The normalized spacial score (nSPS) is 13.1. The number of hydrogen-bond donors (Lipinski definition) is 1. The lowest BCUT2D eigenvalue weighted by Crippen LogP contribution is -2.45. The summed E-state index contributed by atoms with van der Waals surface area (Å²) in [6.07, 6.45) is -4.47. The van der Waals surface area contributed by atoms with Gasteiger partial charge >= 0.3 is 18.2 Å². The fraction of sp³-hybridized carbons (Fsp3) is 0.533. The number of aromatic nitrogens is 1. The number of carbonyl (C=O) groups excluding carboxylic acids is 2. The van der Waals surface area contributed by atoms with Crippen molar-refractivity contribution in [2.24, 2.45) is 0 Å². The van der Waals surface area contributed by atoms with Crippen LogP contribution in [0.3, 0.4) is 0 Å². The van der Waals surface area contributed by atoms with E-state index in [4.69, 9.17) is 4.74 Å². The molecule has 1 aromatic heterocycles. The first-order chi connectivity index (χ1) is 10.9. The Bertz CT molecular complexity index is 580. The summed E-state index contributed by atoms with van der Waals surface area (Å²) in [6.45, 7) is 4.96. The molecule has 1 heterocycles. The third kappa shape index (κ3) is 6.43. The van der Waals surface area contributed by atoms with Gasteiger partial charge in [-0.25, -0.2) is 9.59 Å². The van der Waals surface area contributed by atoms with Crippen LogP contribution in [0.15, 0.2) is 18.3 Å². The second-order valence-electron chi connectivity index (χ2n) is 5.98. The molecule has 1 N–H and O–H groups in total. The highest BCUT2D eigenvalue weighted by Crippen LogP contribution is 2.27. The average Bonchev–Trinajstić information content (AvgIpc) is 2.43. The van der Waals surface area contributed by atoms with Crippen molar-refractivity contribution in [3.05, 3.63) is 29.6 Å². The number of ether oxygens (including phenoxy) is 2. The van der Waals surface area contributed by atoms with Crippen LogP contribution in [0, 0.1) is 0 Å². The van der Waals surface area contributed by atoms with Crippen LogP contribution in [0.4, 0.5) is 18.0 Å². The van der Waals surface area contributed by atoms with Crippen LogP contribution in [-0.2, 0) is 26.9 Å². The number of methoxy groups -OCH3 is 1. The van der Waals surface area contributed by atoms with Crippen LogP contribution in [0.25, 0.3) is 0 Å². The quantitative estimate of drug-likeness (QED) is 0.847. The Labute approximate surface area is 137 Å². The summed E-state index contributed by atoms with van der Waals surface area (Å²) in [5.41, 5.74) is -1.48. The molecule has 0 aliphatic rings. The molecule has 134 valence electrons. The van der Waals surface area contributed by atoms with E-state index in [0.29, 0.717) is 5.56 Å². The van der Waals surface area contributed by atoms with Gasteiger partial charge in [-0.1, -0.05) is 6.07 Å². The van der Waals surface area contributed by atoms with Gasteiger partial charge < -0.3 is 14.8 Å². The van der Waals surface area contributed by atoms with Gasteiger partial charge in [-0.2, -0.15) is 13.2 Å². The summed E-state index contributed by atoms with van der Waals surface area (Å²) < 4.78 is 47.1. The van der Waals surface area contributed by atoms with Gasteiger partial charge in [-0.15, -0.1) is 0 Å². The number of pyridine rings is 1. The Morgan fingerprint density at radius 2 is 1.88 bits per heavy atom. The van der Waals surface area contributed by atoms with Gasteiger partial charge in [-0.3, -0.25) is 4.98 Å². The number of halogens is 3. The number of nitrogens with zero attached hydrogens (tertiary/aromatic N) is 1. The van der Waals surface area contributed by atoms with E-state index in [1.165, 1.54) is 6.07 Å². The van der Waals surface area contributed by atoms with Crippen LogP contribution < -0.4 is 5.32 Å². The molecule has 9 heteroatoms. The summed E-state index contributed by atoms with van der Waals surface area (Å²) in [7, 11) is 1.14. The minimum Gasteiger partial charge on any atom is -0.467 e. The van der Waals surface area contributed by atoms with Gasteiger partial charge in [-0.05, 0) is 32.4 Å². The first kappa shape index (κ1) is 19.7. The predicted molar refractivity (Wildman–Crippen MR) is 78.1 cm³/mol. The maximum absolute atomic E-state index is 12.5. The van der Waals surface area contributed by atoms with E-state index >= 15 is 0 Å². The number of nitrogens with one attached hydrogen (secondary N) is 1. The maximum atomic E-state index is 12.5. The molecule has 6 nitrogen and oxygen atoms in total. The lowest BCUT2D eigenvalue weighted by Gasteiger charge is -2.22. The molecule has 0 aliphatic heterocycles. The van der Waals surface area contributed by atoms with Gasteiger partial charge in [0.1, 0.15) is 17.3 Å². The number of amides is 1. The fourth-order valence-electron chi connectivity index (χ4n) is 1.73. The van der Waals surface area contributed by atoms with Crippen molar-refractivity contribution >= 4 is 12.1 Å².